The molecule has 0 N–H and O–H groups in total. The minimum atomic E-state index is 0. The maximum absolute atomic E-state index is 4.11. The molecule has 1 aliphatic carbocycles. The van der Waals surface area contributed by atoms with Crippen molar-refractivity contribution in [1.82, 2.24) is 4.98 Å². The van der Waals surface area contributed by atoms with Gasteiger partial charge in [0.25, 0.3) is 0 Å². The lowest BCUT2D eigenvalue weighted by Crippen LogP contribution is -2.01. The van der Waals surface area contributed by atoms with E-state index in [1.807, 2.05) is 12.4 Å². The van der Waals surface area contributed by atoms with Gasteiger partial charge in [0.1, 0.15) is 0 Å². The standard InChI is InChI=1S/C19H15N.2ClH/c1-3-7-17-15(5-1)16-6-2-4-8-18(16)19(17)13-14-9-11-20-12-10-14;;/h1-12,19H,13H2;2*1H. The van der Waals surface area contributed by atoms with Crippen LogP contribution in [-0.2, 0) is 6.42 Å². The van der Waals surface area contributed by atoms with E-state index in [-0.39, 0.29) is 24.8 Å². The molecule has 1 nitrogen and oxygen atoms in total. The molecule has 0 bridgehead atoms. The lowest BCUT2D eigenvalue weighted by Gasteiger charge is -2.13. The summed E-state index contributed by atoms with van der Waals surface area (Å²) in [6.45, 7) is 0. The van der Waals surface area contributed by atoms with Crippen LogP contribution in [0.15, 0.2) is 73.1 Å². The zero-order valence-corrected chi connectivity index (χ0v) is 13.6. The third-order valence-corrected chi connectivity index (χ3v) is 4.15. The minimum Gasteiger partial charge on any atom is -0.265 e. The molecule has 22 heavy (non-hydrogen) atoms. The van der Waals surface area contributed by atoms with Crippen LogP contribution < -0.4 is 0 Å². The molecule has 0 amide bonds. The van der Waals surface area contributed by atoms with Crippen molar-refractivity contribution in [3.8, 4) is 11.1 Å². The van der Waals surface area contributed by atoms with Crippen LogP contribution in [0.25, 0.3) is 11.1 Å². The van der Waals surface area contributed by atoms with E-state index in [1.165, 1.54) is 27.8 Å². The molecule has 0 fully saturated rings. The molecular formula is C19H17Cl2N. The average molecular weight is 330 g/mol. The summed E-state index contributed by atoms with van der Waals surface area (Å²) in [5, 5.41) is 0. The largest absolute Gasteiger partial charge is 0.265 e. The van der Waals surface area contributed by atoms with E-state index in [4.69, 9.17) is 0 Å². The van der Waals surface area contributed by atoms with Crippen molar-refractivity contribution in [1.29, 1.82) is 0 Å². The van der Waals surface area contributed by atoms with Crippen molar-refractivity contribution in [3.63, 3.8) is 0 Å². The van der Waals surface area contributed by atoms with Crippen LogP contribution in [0.5, 0.6) is 0 Å². The Bertz CT molecular complexity index is 711. The topological polar surface area (TPSA) is 12.9 Å². The molecule has 3 heteroatoms. The van der Waals surface area contributed by atoms with Gasteiger partial charge in [-0.15, -0.1) is 24.8 Å². The molecule has 0 saturated carbocycles. The summed E-state index contributed by atoms with van der Waals surface area (Å²) < 4.78 is 0. The highest BCUT2D eigenvalue weighted by molar-refractivity contribution is 5.85. The molecule has 4 rings (SSSR count). The number of fused-ring (bicyclic) bond motifs is 3. The van der Waals surface area contributed by atoms with Crippen LogP contribution in [-0.4, -0.2) is 4.98 Å². The molecule has 0 aliphatic heterocycles. The zero-order chi connectivity index (χ0) is 13.4. The van der Waals surface area contributed by atoms with E-state index in [1.54, 1.807) is 0 Å². The predicted molar refractivity (Wildman–Crippen MR) is 96.2 cm³/mol. The number of halogens is 2. The summed E-state index contributed by atoms with van der Waals surface area (Å²) in [5.74, 6) is 0.463. The number of nitrogens with zero attached hydrogens (tertiary/aromatic N) is 1. The quantitative estimate of drug-likeness (QED) is 0.623. The highest BCUT2D eigenvalue weighted by atomic mass is 35.5. The van der Waals surface area contributed by atoms with Gasteiger partial charge in [-0.25, -0.2) is 0 Å². The molecule has 112 valence electrons. The lowest BCUT2D eigenvalue weighted by molar-refractivity contribution is 0.825. The van der Waals surface area contributed by atoms with Crippen LogP contribution in [0, 0.1) is 0 Å². The fourth-order valence-corrected chi connectivity index (χ4v) is 3.23. The molecular weight excluding hydrogens is 313 g/mol. The summed E-state index contributed by atoms with van der Waals surface area (Å²) in [7, 11) is 0. The first-order valence-electron chi connectivity index (χ1n) is 7.00. The maximum atomic E-state index is 4.11. The first-order chi connectivity index (χ1) is 9.93. The fourth-order valence-electron chi connectivity index (χ4n) is 3.23. The molecule has 0 saturated heterocycles. The Balaban J connectivity index is 0.000000882. The van der Waals surface area contributed by atoms with Crippen molar-refractivity contribution < 1.29 is 0 Å². The number of rotatable bonds is 2. The predicted octanol–water partition coefficient (Wildman–Crippen LogP) is 5.28. The number of hydrogen-bond donors (Lipinski definition) is 0. The van der Waals surface area contributed by atoms with Gasteiger partial charge in [0.2, 0.25) is 0 Å². The van der Waals surface area contributed by atoms with Crippen molar-refractivity contribution in [2.24, 2.45) is 0 Å². The van der Waals surface area contributed by atoms with Gasteiger partial charge in [0.15, 0.2) is 0 Å². The molecule has 0 unspecified atom stereocenters. The molecule has 3 aromatic rings. The molecule has 0 atom stereocenters. The van der Waals surface area contributed by atoms with E-state index in [9.17, 15) is 0 Å². The molecule has 1 aliphatic rings. The smallest absolute Gasteiger partial charge is 0.0270 e. The van der Waals surface area contributed by atoms with Crippen molar-refractivity contribution >= 4 is 24.8 Å². The molecule has 0 radical (unpaired) electrons. The van der Waals surface area contributed by atoms with Crippen molar-refractivity contribution in [3.05, 3.63) is 89.7 Å². The lowest BCUT2D eigenvalue weighted by atomic mass is 9.90. The number of pyridine rings is 1. The maximum Gasteiger partial charge on any atom is 0.0270 e. The van der Waals surface area contributed by atoms with E-state index < -0.39 is 0 Å². The van der Waals surface area contributed by atoms with Crippen molar-refractivity contribution in [2.75, 3.05) is 0 Å². The van der Waals surface area contributed by atoms with Gasteiger partial charge in [-0.2, -0.15) is 0 Å². The Kier molecular flexibility index (Phi) is 5.23. The van der Waals surface area contributed by atoms with Gasteiger partial charge in [-0.05, 0) is 46.4 Å². The molecule has 1 aromatic heterocycles. The van der Waals surface area contributed by atoms with E-state index in [2.05, 4.69) is 65.6 Å². The van der Waals surface area contributed by atoms with Crippen molar-refractivity contribution in [2.45, 2.75) is 12.3 Å². The second-order valence-corrected chi connectivity index (χ2v) is 5.29. The van der Waals surface area contributed by atoms with E-state index in [0.717, 1.165) is 6.42 Å². The third kappa shape index (κ3) is 2.75. The number of aromatic nitrogens is 1. The van der Waals surface area contributed by atoms with Gasteiger partial charge in [0, 0.05) is 18.3 Å². The van der Waals surface area contributed by atoms with E-state index >= 15 is 0 Å². The van der Waals surface area contributed by atoms with Gasteiger partial charge >= 0.3 is 0 Å². The fraction of sp³-hybridized carbons (Fsp3) is 0.105. The first-order valence-corrected chi connectivity index (χ1v) is 7.00. The molecule has 0 spiro atoms. The summed E-state index contributed by atoms with van der Waals surface area (Å²) in [6.07, 6.45) is 4.79. The second kappa shape index (κ2) is 6.95. The normalized spacial score (nSPS) is 11.8. The Hall–Kier alpha value is -1.83. The summed E-state index contributed by atoms with van der Waals surface area (Å²) in [6, 6.07) is 21.8. The van der Waals surface area contributed by atoms with Gasteiger partial charge in [-0.3, -0.25) is 4.98 Å². The van der Waals surface area contributed by atoms with Gasteiger partial charge < -0.3 is 0 Å². The minimum absolute atomic E-state index is 0. The van der Waals surface area contributed by atoms with Gasteiger partial charge in [-0.1, -0.05) is 48.5 Å². The summed E-state index contributed by atoms with van der Waals surface area (Å²) >= 11 is 0. The zero-order valence-electron chi connectivity index (χ0n) is 12.0. The number of hydrogen-bond acceptors (Lipinski definition) is 1. The van der Waals surface area contributed by atoms with Crippen LogP contribution in [0.1, 0.15) is 22.6 Å². The number of benzene rings is 2. The summed E-state index contributed by atoms with van der Waals surface area (Å²) in [5.41, 5.74) is 7.02. The molecule has 2 aromatic carbocycles. The third-order valence-electron chi connectivity index (χ3n) is 4.15. The average Bonchev–Trinajstić information content (AvgIpc) is 2.84. The summed E-state index contributed by atoms with van der Waals surface area (Å²) in [4.78, 5) is 4.11. The monoisotopic (exact) mass is 329 g/mol. The second-order valence-electron chi connectivity index (χ2n) is 5.29. The van der Waals surface area contributed by atoms with Crippen LogP contribution in [0.4, 0.5) is 0 Å². The first kappa shape index (κ1) is 16.5. The van der Waals surface area contributed by atoms with Crippen LogP contribution in [0.2, 0.25) is 0 Å². The highest BCUT2D eigenvalue weighted by Crippen LogP contribution is 2.45. The van der Waals surface area contributed by atoms with E-state index in [0.29, 0.717) is 5.92 Å². The van der Waals surface area contributed by atoms with Crippen LogP contribution in [0.3, 0.4) is 0 Å². The highest BCUT2D eigenvalue weighted by Gasteiger charge is 2.27. The Morgan fingerprint density at radius 2 is 1.18 bits per heavy atom. The SMILES string of the molecule is Cl.Cl.c1ccc2c(c1)-c1ccccc1C2Cc1ccncc1. The Morgan fingerprint density at radius 1 is 0.682 bits per heavy atom. The Labute approximate surface area is 143 Å². The Morgan fingerprint density at radius 3 is 1.73 bits per heavy atom. The molecule has 1 heterocycles. The van der Waals surface area contributed by atoms with Crippen LogP contribution >= 0.6 is 24.8 Å². The van der Waals surface area contributed by atoms with Gasteiger partial charge in [0.05, 0.1) is 0 Å².